The van der Waals surface area contributed by atoms with Gasteiger partial charge in [-0.3, -0.25) is 0 Å². The van der Waals surface area contributed by atoms with Gasteiger partial charge in [-0.15, -0.1) is 0 Å². The molecule has 0 spiro atoms. The summed E-state index contributed by atoms with van der Waals surface area (Å²) in [6.07, 6.45) is 9.91. The van der Waals surface area contributed by atoms with Gasteiger partial charge in [0.05, 0.1) is 6.61 Å². The average molecular weight is 253 g/mol. The zero-order valence-electron chi connectivity index (χ0n) is 11.1. The Labute approximate surface area is 129 Å². The van der Waals surface area contributed by atoms with Crippen molar-refractivity contribution < 1.29 is 9.53 Å². The van der Waals surface area contributed by atoms with Gasteiger partial charge in [0.15, 0.2) is 0 Å². The Hall–Kier alpha value is 0.270. The summed E-state index contributed by atoms with van der Waals surface area (Å²) < 4.78 is 5.04. The monoisotopic (exact) mass is 253 g/mol. The number of nitrogens with zero attached hydrogens (tertiary/aromatic N) is 1. The predicted octanol–water partition coefficient (Wildman–Crippen LogP) is 3.18. The molecule has 0 N–H and O–H groups in total. The number of amides is 1. The zero-order valence-corrected chi connectivity index (χ0v) is 11.1. The van der Waals surface area contributed by atoms with Crippen LogP contribution < -0.4 is 0 Å². The molecule has 0 saturated carbocycles. The summed E-state index contributed by atoms with van der Waals surface area (Å²) in [5.74, 6) is 0. The number of unbranched alkanes of at least 4 members (excludes halogenated alkanes) is 7. The summed E-state index contributed by atoms with van der Waals surface area (Å²) in [5.41, 5.74) is 0. The summed E-state index contributed by atoms with van der Waals surface area (Å²) in [7, 11) is 3.41. The van der Waals surface area contributed by atoms with Crippen LogP contribution in [0, 0.1) is 0 Å². The van der Waals surface area contributed by atoms with Crippen LogP contribution in [-0.4, -0.2) is 61.3 Å². The summed E-state index contributed by atoms with van der Waals surface area (Å²) in [5, 5.41) is 0. The normalized spacial score (nSPS) is 9.59. The van der Waals surface area contributed by atoms with E-state index in [1.165, 1.54) is 49.8 Å². The molecule has 0 unspecified atom stereocenters. The van der Waals surface area contributed by atoms with Crippen molar-refractivity contribution in [1.29, 1.82) is 0 Å². The third kappa shape index (κ3) is 14.2. The van der Waals surface area contributed by atoms with Crippen molar-refractivity contribution in [2.45, 2.75) is 58.3 Å². The first-order valence-corrected chi connectivity index (χ1v) is 6.52. The van der Waals surface area contributed by atoms with Crippen molar-refractivity contribution in [2.75, 3.05) is 20.7 Å². The first-order valence-electron chi connectivity index (χ1n) is 6.52. The zero-order chi connectivity index (χ0) is 12.2. The molecule has 0 rings (SSSR count). The molecule has 98 valence electrons. The number of hydrogen-bond acceptors (Lipinski definition) is 2. The van der Waals surface area contributed by atoms with Gasteiger partial charge in [0.1, 0.15) is 0 Å². The van der Waals surface area contributed by atoms with Crippen LogP contribution in [0.3, 0.4) is 0 Å². The molecule has 0 aromatic carbocycles. The van der Waals surface area contributed by atoms with Crippen molar-refractivity contribution >= 4 is 35.7 Å². The number of rotatable bonds is 9. The van der Waals surface area contributed by atoms with Crippen LogP contribution in [0.15, 0.2) is 0 Å². The Bertz CT molecular complexity index is 175. The Kier molecular flexibility index (Phi) is 16.5. The van der Waals surface area contributed by atoms with Gasteiger partial charge >= 0.3 is 35.7 Å². The Morgan fingerprint density at radius 1 is 0.941 bits per heavy atom. The van der Waals surface area contributed by atoms with E-state index in [-0.39, 0.29) is 35.7 Å². The molecule has 0 aliphatic rings. The third-order valence-electron chi connectivity index (χ3n) is 2.59. The van der Waals surface area contributed by atoms with Crippen molar-refractivity contribution in [1.82, 2.24) is 4.90 Å². The van der Waals surface area contributed by atoms with E-state index in [2.05, 4.69) is 6.92 Å². The van der Waals surface area contributed by atoms with Crippen LogP contribution in [0.25, 0.3) is 0 Å². The SMILES string of the molecule is CCCCCCCCCCOC(=O)N(C)C.[NaH]. The summed E-state index contributed by atoms with van der Waals surface area (Å²) in [6.45, 7) is 2.80. The van der Waals surface area contributed by atoms with Crippen molar-refractivity contribution in [2.24, 2.45) is 0 Å². The molecule has 17 heavy (non-hydrogen) atoms. The molecule has 0 aromatic rings. The molecule has 0 atom stereocenters. The number of carbonyl (C=O) groups is 1. The van der Waals surface area contributed by atoms with Gasteiger partial charge in [-0.05, 0) is 6.42 Å². The minimum absolute atomic E-state index is 0. The van der Waals surface area contributed by atoms with E-state index in [4.69, 9.17) is 4.74 Å². The molecule has 0 bridgehead atoms. The summed E-state index contributed by atoms with van der Waals surface area (Å²) in [4.78, 5) is 12.5. The first-order chi connectivity index (χ1) is 7.68. The second-order valence-electron chi connectivity index (χ2n) is 4.48. The maximum absolute atomic E-state index is 11.1. The fraction of sp³-hybridized carbons (Fsp3) is 0.923. The molecule has 0 fully saturated rings. The standard InChI is InChI=1S/C13H27NO2.Na.H/c1-4-5-6-7-8-9-10-11-12-16-13(15)14(2)3;;/h4-12H2,1-3H3;;. The molecule has 0 aliphatic carbocycles. The van der Waals surface area contributed by atoms with E-state index < -0.39 is 0 Å². The minimum atomic E-state index is -0.233. The summed E-state index contributed by atoms with van der Waals surface area (Å²) >= 11 is 0. The van der Waals surface area contributed by atoms with Crippen molar-refractivity contribution in [3.63, 3.8) is 0 Å². The molecule has 3 nitrogen and oxygen atoms in total. The van der Waals surface area contributed by atoms with E-state index >= 15 is 0 Å². The van der Waals surface area contributed by atoms with Gasteiger partial charge in [-0.1, -0.05) is 51.9 Å². The van der Waals surface area contributed by atoms with Crippen LogP contribution in [0.2, 0.25) is 0 Å². The fourth-order valence-electron chi connectivity index (χ4n) is 1.52. The van der Waals surface area contributed by atoms with Gasteiger partial charge in [0.2, 0.25) is 0 Å². The van der Waals surface area contributed by atoms with E-state index in [9.17, 15) is 4.79 Å². The maximum atomic E-state index is 11.1. The second-order valence-corrected chi connectivity index (χ2v) is 4.48. The molecular weight excluding hydrogens is 225 g/mol. The Morgan fingerprint density at radius 3 is 1.88 bits per heavy atom. The first kappa shape index (κ1) is 19.6. The molecule has 1 amide bonds. The second kappa shape index (κ2) is 14.3. The number of carbonyl (C=O) groups excluding carboxylic acids is 1. The van der Waals surface area contributed by atoms with Crippen LogP contribution in [-0.2, 0) is 4.74 Å². The van der Waals surface area contributed by atoms with Gasteiger partial charge in [0, 0.05) is 14.1 Å². The average Bonchev–Trinajstić information content (AvgIpc) is 2.26. The molecular formula is C13H28NNaO2. The van der Waals surface area contributed by atoms with E-state index in [0.29, 0.717) is 6.61 Å². The van der Waals surface area contributed by atoms with Gasteiger partial charge in [-0.25, -0.2) is 4.79 Å². The van der Waals surface area contributed by atoms with Crippen LogP contribution in [0.5, 0.6) is 0 Å². The van der Waals surface area contributed by atoms with E-state index in [0.717, 1.165) is 6.42 Å². The van der Waals surface area contributed by atoms with Gasteiger partial charge in [0.25, 0.3) is 0 Å². The van der Waals surface area contributed by atoms with E-state index in [1.54, 1.807) is 14.1 Å². The molecule has 0 heterocycles. The van der Waals surface area contributed by atoms with Gasteiger partial charge < -0.3 is 9.64 Å². The van der Waals surface area contributed by atoms with E-state index in [1.807, 2.05) is 0 Å². The molecule has 0 saturated heterocycles. The fourth-order valence-corrected chi connectivity index (χ4v) is 1.52. The number of hydrogen-bond donors (Lipinski definition) is 0. The molecule has 0 aromatic heterocycles. The Morgan fingerprint density at radius 2 is 1.41 bits per heavy atom. The van der Waals surface area contributed by atoms with Crippen LogP contribution in [0.4, 0.5) is 4.79 Å². The topological polar surface area (TPSA) is 29.5 Å². The molecule has 0 aliphatic heterocycles. The predicted molar refractivity (Wildman–Crippen MR) is 74.8 cm³/mol. The molecule has 4 heteroatoms. The quantitative estimate of drug-likeness (QED) is 0.466. The van der Waals surface area contributed by atoms with Crippen molar-refractivity contribution in [3.05, 3.63) is 0 Å². The third-order valence-corrected chi connectivity index (χ3v) is 2.59. The molecule has 0 radical (unpaired) electrons. The van der Waals surface area contributed by atoms with Crippen LogP contribution in [0.1, 0.15) is 58.3 Å². The summed E-state index contributed by atoms with van der Waals surface area (Å²) in [6, 6.07) is 0. The Balaban J connectivity index is 0. The van der Waals surface area contributed by atoms with Gasteiger partial charge in [-0.2, -0.15) is 0 Å². The van der Waals surface area contributed by atoms with Crippen molar-refractivity contribution in [3.8, 4) is 0 Å². The number of ether oxygens (including phenoxy) is 1. The van der Waals surface area contributed by atoms with Crippen LogP contribution >= 0.6 is 0 Å².